The zero-order chi connectivity index (χ0) is 15.4. The van der Waals surface area contributed by atoms with Gasteiger partial charge >= 0.3 is 0 Å². The lowest BCUT2D eigenvalue weighted by molar-refractivity contribution is -0.130. The van der Waals surface area contributed by atoms with Crippen molar-refractivity contribution in [1.82, 2.24) is 10.2 Å². The van der Waals surface area contributed by atoms with E-state index < -0.39 is 0 Å². The van der Waals surface area contributed by atoms with Crippen LogP contribution in [0.15, 0.2) is 0 Å². The average Bonchev–Trinajstić information content (AvgIpc) is 3.05. The van der Waals surface area contributed by atoms with E-state index >= 15 is 0 Å². The van der Waals surface area contributed by atoms with Gasteiger partial charge in [0.1, 0.15) is 0 Å². The molecule has 1 saturated heterocycles. The Morgan fingerprint density at radius 3 is 2.90 bits per heavy atom. The molecule has 2 aliphatic rings. The molecule has 1 saturated carbocycles. The molecule has 1 aliphatic heterocycles. The number of likely N-dealkylation sites (tertiary alicyclic amines) is 1. The molecule has 2 rings (SSSR count). The zero-order valence-corrected chi connectivity index (χ0v) is 13.3. The van der Waals surface area contributed by atoms with E-state index in [0.717, 1.165) is 32.1 Å². The predicted octanol–water partition coefficient (Wildman–Crippen LogP) is 1.27. The second-order valence-electron chi connectivity index (χ2n) is 6.63. The van der Waals surface area contributed by atoms with Crippen molar-refractivity contribution in [3.8, 4) is 0 Å². The summed E-state index contributed by atoms with van der Waals surface area (Å²) < 4.78 is 0. The summed E-state index contributed by atoms with van der Waals surface area (Å²) in [6.07, 6.45) is 5.67. The topological polar surface area (TPSA) is 75.4 Å². The van der Waals surface area contributed by atoms with Crippen molar-refractivity contribution >= 4 is 11.8 Å². The molecular weight excluding hydrogens is 266 g/mol. The molecule has 120 valence electrons. The number of hydrogen-bond acceptors (Lipinski definition) is 3. The third-order valence-corrected chi connectivity index (χ3v) is 5.06. The average molecular weight is 295 g/mol. The normalized spacial score (nSPS) is 30.7. The van der Waals surface area contributed by atoms with Crippen LogP contribution in [0.2, 0.25) is 0 Å². The number of nitrogens with one attached hydrogen (secondary N) is 1. The van der Waals surface area contributed by atoms with Crippen molar-refractivity contribution in [2.45, 2.75) is 64.5 Å². The molecule has 0 spiro atoms. The number of carbonyl (C=O) groups excluding carboxylic acids is 2. The molecule has 0 radical (unpaired) electrons. The Morgan fingerprint density at radius 1 is 1.48 bits per heavy atom. The number of nitrogens with zero attached hydrogens (tertiary/aromatic N) is 1. The van der Waals surface area contributed by atoms with Crippen molar-refractivity contribution < 1.29 is 9.59 Å². The summed E-state index contributed by atoms with van der Waals surface area (Å²) >= 11 is 0. The van der Waals surface area contributed by atoms with E-state index in [1.807, 2.05) is 4.90 Å². The molecular formula is C16H29N3O2. The summed E-state index contributed by atoms with van der Waals surface area (Å²) in [4.78, 5) is 26.4. The Hall–Kier alpha value is -1.10. The first-order valence-corrected chi connectivity index (χ1v) is 8.36. The third kappa shape index (κ3) is 3.76. The lowest BCUT2D eigenvalue weighted by atomic mass is 10.0. The van der Waals surface area contributed by atoms with Crippen molar-refractivity contribution in [2.24, 2.45) is 17.6 Å². The van der Waals surface area contributed by atoms with Crippen molar-refractivity contribution in [3.05, 3.63) is 0 Å². The minimum absolute atomic E-state index is 0.0416. The van der Waals surface area contributed by atoms with E-state index in [0.29, 0.717) is 25.4 Å². The van der Waals surface area contributed by atoms with Crippen molar-refractivity contribution in [3.63, 3.8) is 0 Å². The Kier molecular flexibility index (Phi) is 5.62. The van der Waals surface area contributed by atoms with E-state index in [1.54, 1.807) is 0 Å². The summed E-state index contributed by atoms with van der Waals surface area (Å²) in [5, 5.41) is 3.14. The maximum atomic E-state index is 12.4. The molecule has 4 atom stereocenters. The monoisotopic (exact) mass is 295 g/mol. The highest BCUT2D eigenvalue weighted by Crippen LogP contribution is 2.27. The molecule has 4 unspecified atom stereocenters. The summed E-state index contributed by atoms with van der Waals surface area (Å²) in [6.45, 7) is 5.40. The highest BCUT2D eigenvalue weighted by molar-refractivity contribution is 5.89. The van der Waals surface area contributed by atoms with Gasteiger partial charge in [-0.3, -0.25) is 9.59 Å². The second kappa shape index (κ2) is 7.25. The van der Waals surface area contributed by atoms with Gasteiger partial charge in [0.05, 0.1) is 5.92 Å². The lowest BCUT2D eigenvalue weighted by Gasteiger charge is -2.25. The summed E-state index contributed by atoms with van der Waals surface area (Å²) in [7, 11) is 0. The Morgan fingerprint density at radius 2 is 2.24 bits per heavy atom. The Balaban J connectivity index is 1.88. The van der Waals surface area contributed by atoms with E-state index in [9.17, 15) is 9.59 Å². The molecule has 5 nitrogen and oxygen atoms in total. The van der Waals surface area contributed by atoms with Crippen LogP contribution in [0.3, 0.4) is 0 Å². The Labute approximate surface area is 127 Å². The Bertz CT molecular complexity index is 386. The van der Waals surface area contributed by atoms with Gasteiger partial charge in [0.25, 0.3) is 0 Å². The van der Waals surface area contributed by atoms with Gasteiger partial charge in [-0.1, -0.05) is 19.8 Å². The largest absolute Gasteiger partial charge is 0.353 e. The van der Waals surface area contributed by atoms with Gasteiger partial charge in [-0.2, -0.15) is 0 Å². The van der Waals surface area contributed by atoms with E-state index in [1.165, 1.54) is 0 Å². The van der Waals surface area contributed by atoms with Crippen molar-refractivity contribution in [2.75, 3.05) is 13.1 Å². The SMILES string of the molecule is CCCC(C)N1CC(C(=O)NC2CCCC2CN)CC1=O. The fourth-order valence-corrected chi connectivity index (χ4v) is 3.72. The summed E-state index contributed by atoms with van der Waals surface area (Å²) in [6, 6.07) is 0.447. The maximum Gasteiger partial charge on any atom is 0.225 e. The second-order valence-corrected chi connectivity index (χ2v) is 6.63. The minimum atomic E-state index is -0.184. The first-order chi connectivity index (χ1) is 10.1. The van der Waals surface area contributed by atoms with Crippen LogP contribution < -0.4 is 11.1 Å². The van der Waals surface area contributed by atoms with Crippen LogP contribution in [0.4, 0.5) is 0 Å². The highest BCUT2D eigenvalue weighted by Gasteiger charge is 2.38. The highest BCUT2D eigenvalue weighted by atomic mass is 16.2. The number of hydrogen-bond donors (Lipinski definition) is 2. The maximum absolute atomic E-state index is 12.4. The third-order valence-electron chi connectivity index (χ3n) is 5.06. The van der Waals surface area contributed by atoms with Crippen molar-refractivity contribution in [1.29, 1.82) is 0 Å². The molecule has 1 heterocycles. The molecule has 0 aromatic rings. The van der Waals surface area contributed by atoms with Crippen LogP contribution in [-0.4, -0.2) is 41.9 Å². The molecule has 0 bridgehead atoms. The molecule has 1 aliphatic carbocycles. The van der Waals surface area contributed by atoms with Gasteiger partial charge in [0, 0.05) is 25.0 Å². The fourth-order valence-electron chi connectivity index (χ4n) is 3.72. The minimum Gasteiger partial charge on any atom is -0.353 e. The van der Waals surface area contributed by atoms with Crippen LogP contribution in [0.1, 0.15) is 52.4 Å². The number of rotatable bonds is 6. The number of carbonyl (C=O) groups is 2. The molecule has 0 aromatic carbocycles. The van der Waals surface area contributed by atoms with Gasteiger partial charge < -0.3 is 16.0 Å². The fraction of sp³-hybridized carbons (Fsp3) is 0.875. The lowest BCUT2D eigenvalue weighted by Crippen LogP contribution is -2.43. The molecule has 3 N–H and O–H groups in total. The molecule has 2 fully saturated rings. The molecule has 0 aromatic heterocycles. The van der Waals surface area contributed by atoms with Gasteiger partial charge in [0.15, 0.2) is 0 Å². The smallest absolute Gasteiger partial charge is 0.225 e. The van der Waals surface area contributed by atoms with Crippen LogP contribution >= 0.6 is 0 Å². The molecule has 21 heavy (non-hydrogen) atoms. The van der Waals surface area contributed by atoms with Crippen LogP contribution in [0.25, 0.3) is 0 Å². The van der Waals surface area contributed by atoms with Crippen LogP contribution in [0.5, 0.6) is 0 Å². The quantitative estimate of drug-likeness (QED) is 0.775. The van der Waals surface area contributed by atoms with Gasteiger partial charge in [-0.05, 0) is 38.6 Å². The van der Waals surface area contributed by atoms with Crippen LogP contribution in [0, 0.1) is 11.8 Å². The van der Waals surface area contributed by atoms with Gasteiger partial charge in [-0.15, -0.1) is 0 Å². The van der Waals surface area contributed by atoms with E-state index in [4.69, 9.17) is 5.73 Å². The van der Waals surface area contributed by atoms with E-state index in [-0.39, 0.29) is 29.8 Å². The zero-order valence-electron chi connectivity index (χ0n) is 13.3. The molecule has 2 amide bonds. The summed E-state index contributed by atoms with van der Waals surface area (Å²) in [5.41, 5.74) is 5.76. The van der Waals surface area contributed by atoms with E-state index in [2.05, 4.69) is 19.2 Å². The van der Waals surface area contributed by atoms with Crippen LogP contribution in [-0.2, 0) is 9.59 Å². The number of amides is 2. The van der Waals surface area contributed by atoms with Gasteiger partial charge in [0.2, 0.25) is 11.8 Å². The number of nitrogens with two attached hydrogens (primary N) is 1. The van der Waals surface area contributed by atoms with Gasteiger partial charge in [-0.25, -0.2) is 0 Å². The predicted molar refractivity (Wildman–Crippen MR) is 82.5 cm³/mol. The molecule has 5 heteroatoms. The first kappa shape index (κ1) is 16.3. The summed E-state index contributed by atoms with van der Waals surface area (Å²) in [5.74, 6) is 0.384. The standard InChI is InChI=1S/C16H29N3O2/c1-3-5-11(2)19-10-13(8-15(19)20)16(21)18-14-7-4-6-12(14)9-17/h11-14H,3-10,17H2,1-2H3,(H,18,21). The first-order valence-electron chi connectivity index (χ1n) is 8.36.